The summed E-state index contributed by atoms with van der Waals surface area (Å²) in [5.41, 5.74) is 3.65. The number of anilines is 4. The molecule has 0 aliphatic carbocycles. The van der Waals surface area contributed by atoms with Gasteiger partial charge in [-0.05, 0) is 62.5 Å². The summed E-state index contributed by atoms with van der Waals surface area (Å²) in [6, 6.07) is 13.1. The van der Waals surface area contributed by atoms with Crippen LogP contribution in [0.1, 0.15) is 19.4 Å². The second-order valence-corrected chi connectivity index (χ2v) is 7.60. The lowest BCUT2D eigenvalue weighted by molar-refractivity contribution is 0.223. The Labute approximate surface area is 191 Å². The SMILES string of the molecule is CCN(CC)CCOc1ccc(Nc2ncc(C)c(Nc3ccc4oc(=O)[nH]c4c3)n2)cc1. The second kappa shape index (κ2) is 10.2. The largest absolute Gasteiger partial charge is 0.492 e. The molecule has 0 aliphatic rings. The highest BCUT2D eigenvalue weighted by Gasteiger charge is 2.08. The molecule has 2 heterocycles. The van der Waals surface area contributed by atoms with Gasteiger partial charge in [0, 0.05) is 29.7 Å². The van der Waals surface area contributed by atoms with Gasteiger partial charge in [0.1, 0.15) is 18.2 Å². The molecule has 9 heteroatoms. The molecule has 0 bridgehead atoms. The Kier molecular flexibility index (Phi) is 6.89. The summed E-state index contributed by atoms with van der Waals surface area (Å²) in [6.07, 6.45) is 1.75. The third-order valence-electron chi connectivity index (χ3n) is 5.33. The molecule has 0 amide bonds. The van der Waals surface area contributed by atoms with Crippen molar-refractivity contribution in [1.29, 1.82) is 0 Å². The summed E-state index contributed by atoms with van der Waals surface area (Å²) >= 11 is 0. The van der Waals surface area contributed by atoms with E-state index >= 15 is 0 Å². The first-order chi connectivity index (χ1) is 16.0. The van der Waals surface area contributed by atoms with Gasteiger partial charge in [0.15, 0.2) is 5.58 Å². The number of hydrogen-bond acceptors (Lipinski definition) is 8. The number of nitrogens with zero attached hydrogens (tertiary/aromatic N) is 3. The Balaban J connectivity index is 1.40. The lowest BCUT2D eigenvalue weighted by atomic mass is 10.2. The summed E-state index contributed by atoms with van der Waals surface area (Å²) in [6.45, 7) is 9.83. The van der Waals surface area contributed by atoms with Crippen LogP contribution in [0.2, 0.25) is 0 Å². The summed E-state index contributed by atoms with van der Waals surface area (Å²) in [5, 5.41) is 6.49. The van der Waals surface area contributed by atoms with Crippen LogP contribution >= 0.6 is 0 Å². The maximum atomic E-state index is 11.4. The number of fused-ring (bicyclic) bond motifs is 1. The predicted octanol–water partition coefficient (Wildman–Crippen LogP) is 4.43. The normalized spacial score (nSPS) is 11.2. The van der Waals surface area contributed by atoms with E-state index in [0.29, 0.717) is 29.5 Å². The zero-order valence-electron chi connectivity index (χ0n) is 19.0. The van der Waals surface area contributed by atoms with E-state index in [4.69, 9.17) is 9.15 Å². The topological polar surface area (TPSA) is 108 Å². The van der Waals surface area contributed by atoms with Gasteiger partial charge in [-0.25, -0.2) is 9.78 Å². The van der Waals surface area contributed by atoms with Crippen LogP contribution in [-0.2, 0) is 0 Å². The smallest absolute Gasteiger partial charge is 0.417 e. The van der Waals surface area contributed by atoms with Gasteiger partial charge < -0.3 is 24.7 Å². The lowest BCUT2D eigenvalue weighted by Crippen LogP contribution is -2.27. The molecule has 0 atom stereocenters. The molecule has 0 aliphatic heterocycles. The lowest BCUT2D eigenvalue weighted by Gasteiger charge is -2.18. The number of hydrogen-bond donors (Lipinski definition) is 3. The molecule has 2 aromatic carbocycles. The van der Waals surface area contributed by atoms with E-state index in [0.717, 1.165) is 42.3 Å². The number of rotatable bonds is 10. The molecule has 0 saturated carbocycles. The van der Waals surface area contributed by atoms with Gasteiger partial charge in [-0.3, -0.25) is 4.98 Å². The zero-order valence-corrected chi connectivity index (χ0v) is 19.0. The Morgan fingerprint density at radius 2 is 1.82 bits per heavy atom. The number of nitrogens with one attached hydrogen (secondary N) is 3. The molecule has 4 rings (SSSR count). The minimum atomic E-state index is -0.479. The Morgan fingerprint density at radius 3 is 2.58 bits per heavy atom. The number of ether oxygens (including phenoxy) is 1. The van der Waals surface area contributed by atoms with Crippen LogP contribution in [0.5, 0.6) is 5.75 Å². The highest BCUT2D eigenvalue weighted by Crippen LogP contribution is 2.24. The van der Waals surface area contributed by atoms with E-state index in [1.54, 1.807) is 18.3 Å². The van der Waals surface area contributed by atoms with Crippen molar-refractivity contribution < 1.29 is 9.15 Å². The third-order valence-corrected chi connectivity index (χ3v) is 5.33. The summed E-state index contributed by atoms with van der Waals surface area (Å²) in [5.74, 6) is 1.48. The number of aromatic nitrogens is 3. The molecule has 2 aromatic heterocycles. The molecule has 0 spiro atoms. The first-order valence-corrected chi connectivity index (χ1v) is 11.0. The van der Waals surface area contributed by atoms with Gasteiger partial charge >= 0.3 is 5.76 Å². The molecule has 4 aromatic rings. The van der Waals surface area contributed by atoms with Gasteiger partial charge in [0.2, 0.25) is 5.95 Å². The van der Waals surface area contributed by atoms with Crippen LogP contribution in [-0.4, -0.2) is 46.1 Å². The maximum absolute atomic E-state index is 11.4. The van der Waals surface area contributed by atoms with Gasteiger partial charge in [-0.1, -0.05) is 13.8 Å². The molecular weight excluding hydrogens is 420 g/mol. The summed E-state index contributed by atoms with van der Waals surface area (Å²) in [7, 11) is 0. The maximum Gasteiger partial charge on any atom is 0.417 e. The Bertz CT molecular complexity index is 1260. The molecule has 172 valence electrons. The molecule has 33 heavy (non-hydrogen) atoms. The van der Waals surface area contributed by atoms with Gasteiger partial charge in [-0.15, -0.1) is 0 Å². The minimum Gasteiger partial charge on any atom is -0.492 e. The van der Waals surface area contributed by atoms with Crippen molar-refractivity contribution in [3.05, 3.63) is 64.8 Å². The monoisotopic (exact) mass is 448 g/mol. The molecule has 0 saturated heterocycles. The van der Waals surface area contributed by atoms with Gasteiger partial charge in [0.25, 0.3) is 0 Å². The predicted molar refractivity (Wildman–Crippen MR) is 130 cm³/mol. The van der Waals surface area contributed by atoms with Crippen molar-refractivity contribution in [3.8, 4) is 5.75 Å². The average molecular weight is 449 g/mol. The Hall–Kier alpha value is -3.85. The van der Waals surface area contributed by atoms with E-state index in [1.165, 1.54) is 0 Å². The third kappa shape index (κ3) is 5.69. The zero-order chi connectivity index (χ0) is 23.2. The summed E-state index contributed by atoms with van der Waals surface area (Å²) < 4.78 is 10.9. The molecule has 0 fully saturated rings. The van der Waals surface area contributed by atoms with Crippen LogP contribution in [0.4, 0.5) is 23.1 Å². The van der Waals surface area contributed by atoms with E-state index in [-0.39, 0.29) is 0 Å². The Morgan fingerprint density at radius 1 is 1.06 bits per heavy atom. The second-order valence-electron chi connectivity index (χ2n) is 7.60. The van der Waals surface area contributed by atoms with Crippen LogP contribution in [0.15, 0.2) is 57.9 Å². The number of aromatic amines is 1. The van der Waals surface area contributed by atoms with Crippen molar-refractivity contribution in [2.24, 2.45) is 0 Å². The van der Waals surface area contributed by atoms with Crippen LogP contribution in [0, 0.1) is 6.92 Å². The number of benzene rings is 2. The highest BCUT2D eigenvalue weighted by atomic mass is 16.5. The van der Waals surface area contributed by atoms with E-state index in [1.807, 2.05) is 37.3 Å². The average Bonchev–Trinajstić information content (AvgIpc) is 3.19. The first-order valence-electron chi connectivity index (χ1n) is 11.0. The van der Waals surface area contributed by atoms with Crippen LogP contribution < -0.4 is 21.1 Å². The number of H-pyrrole nitrogens is 1. The highest BCUT2D eigenvalue weighted by molar-refractivity contribution is 5.78. The fraction of sp³-hybridized carbons (Fsp3) is 0.292. The summed E-state index contributed by atoms with van der Waals surface area (Å²) in [4.78, 5) is 25.3. The van der Waals surface area contributed by atoms with Crippen molar-refractivity contribution in [2.75, 3.05) is 36.9 Å². The van der Waals surface area contributed by atoms with Crippen molar-refractivity contribution >= 4 is 34.2 Å². The number of oxazole rings is 1. The fourth-order valence-corrected chi connectivity index (χ4v) is 3.39. The van der Waals surface area contributed by atoms with Crippen LogP contribution in [0.25, 0.3) is 11.1 Å². The fourth-order valence-electron chi connectivity index (χ4n) is 3.39. The van der Waals surface area contributed by atoms with E-state index in [2.05, 4.69) is 44.3 Å². The quantitative estimate of drug-likeness (QED) is 0.327. The van der Waals surface area contributed by atoms with Crippen molar-refractivity contribution in [3.63, 3.8) is 0 Å². The first kappa shape index (κ1) is 22.3. The standard InChI is InChI=1S/C24H28N6O3/c1-4-30(5-2)12-13-32-19-9-6-17(7-10-19)27-23-25-15-16(3)22(29-23)26-18-8-11-21-20(14-18)28-24(31)33-21/h6-11,14-15H,4-5,12-13H2,1-3H3,(H,28,31)(H2,25,26,27,29). The molecule has 0 unspecified atom stereocenters. The molecule has 0 radical (unpaired) electrons. The van der Waals surface area contributed by atoms with Gasteiger partial charge in [0.05, 0.1) is 5.52 Å². The minimum absolute atomic E-state index is 0.469. The van der Waals surface area contributed by atoms with E-state index < -0.39 is 5.76 Å². The molecular formula is C24H28N6O3. The van der Waals surface area contributed by atoms with E-state index in [9.17, 15) is 4.79 Å². The van der Waals surface area contributed by atoms with Gasteiger partial charge in [-0.2, -0.15) is 4.98 Å². The molecule has 3 N–H and O–H groups in total. The number of aryl methyl sites for hydroxylation is 1. The molecule has 9 nitrogen and oxygen atoms in total. The van der Waals surface area contributed by atoms with Crippen LogP contribution in [0.3, 0.4) is 0 Å². The van der Waals surface area contributed by atoms with Crippen molar-refractivity contribution in [2.45, 2.75) is 20.8 Å². The number of likely N-dealkylation sites (N-methyl/N-ethyl adjacent to an activating group) is 1. The van der Waals surface area contributed by atoms with Crippen molar-refractivity contribution in [1.82, 2.24) is 19.9 Å².